The van der Waals surface area contributed by atoms with Gasteiger partial charge in [-0.3, -0.25) is 4.90 Å². The summed E-state index contributed by atoms with van der Waals surface area (Å²) in [6.45, 7) is 7.71. The van der Waals surface area contributed by atoms with Gasteiger partial charge in [-0.25, -0.2) is 0 Å². The number of likely N-dealkylation sites (tertiary alicyclic amines) is 1. The van der Waals surface area contributed by atoms with E-state index in [2.05, 4.69) is 17.1 Å². The fourth-order valence-electron chi connectivity index (χ4n) is 4.15. The van der Waals surface area contributed by atoms with E-state index in [1.807, 2.05) is 0 Å². The minimum Gasteiger partial charge on any atom is -0.316 e. The van der Waals surface area contributed by atoms with Crippen molar-refractivity contribution in [3.05, 3.63) is 0 Å². The number of hydrogen-bond acceptors (Lipinski definition) is 2. The number of hydrogen-bond donors (Lipinski definition) is 1. The maximum absolute atomic E-state index is 3.54. The smallest absolute Gasteiger partial charge is 0.00981 e. The Labute approximate surface area is 99.8 Å². The summed E-state index contributed by atoms with van der Waals surface area (Å²) in [6, 6.07) is 0.935. The van der Waals surface area contributed by atoms with E-state index in [1.54, 1.807) is 0 Å². The number of nitrogens with one attached hydrogen (secondary N) is 1. The Bertz CT molecular complexity index is 226. The fourth-order valence-corrected chi connectivity index (χ4v) is 4.15. The molecule has 4 atom stereocenters. The van der Waals surface area contributed by atoms with Gasteiger partial charge in [0.15, 0.2) is 0 Å². The van der Waals surface area contributed by atoms with E-state index >= 15 is 0 Å². The quantitative estimate of drug-likeness (QED) is 0.770. The van der Waals surface area contributed by atoms with Crippen LogP contribution in [0.2, 0.25) is 0 Å². The van der Waals surface area contributed by atoms with E-state index < -0.39 is 0 Å². The standard InChI is InChI=1S/C14H26N2/c1-2-11-4-3-5-14(6-11)16-9-12-7-15-8-13(12)10-16/h11-15H,2-10H2,1H3. The number of fused-ring (bicyclic) bond motifs is 1. The summed E-state index contributed by atoms with van der Waals surface area (Å²) in [6.07, 6.45) is 7.34. The van der Waals surface area contributed by atoms with Gasteiger partial charge in [0.2, 0.25) is 0 Å². The van der Waals surface area contributed by atoms with Crippen LogP contribution in [0.5, 0.6) is 0 Å². The molecule has 1 aliphatic carbocycles. The first kappa shape index (κ1) is 11.0. The second-order valence-corrected chi connectivity index (χ2v) is 6.23. The van der Waals surface area contributed by atoms with Crippen molar-refractivity contribution in [2.45, 2.75) is 45.1 Å². The molecule has 1 N–H and O–H groups in total. The van der Waals surface area contributed by atoms with Crippen LogP contribution in [-0.2, 0) is 0 Å². The molecule has 1 saturated carbocycles. The van der Waals surface area contributed by atoms with E-state index in [1.165, 1.54) is 58.3 Å². The Balaban J connectivity index is 1.57. The Morgan fingerprint density at radius 3 is 2.56 bits per heavy atom. The van der Waals surface area contributed by atoms with Crippen LogP contribution in [0.25, 0.3) is 0 Å². The molecule has 0 radical (unpaired) electrons. The molecule has 2 nitrogen and oxygen atoms in total. The third-order valence-corrected chi connectivity index (χ3v) is 5.27. The lowest BCUT2D eigenvalue weighted by atomic mass is 9.83. The average molecular weight is 222 g/mol. The van der Waals surface area contributed by atoms with Crippen molar-refractivity contribution in [2.24, 2.45) is 17.8 Å². The molecule has 2 heterocycles. The topological polar surface area (TPSA) is 15.3 Å². The first-order valence-corrected chi connectivity index (χ1v) is 7.31. The van der Waals surface area contributed by atoms with Gasteiger partial charge in [0.1, 0.15) is 0 Å². The van der Waals surface area contributed by atoms with Gasteiger partial charge < -0.3 is 5.32 Å². The largest absolute Gasteiger partial charge is 0.316 e. The summed E-state index contributed by atoms with van der Waals surface area (Å²) >= 11 is 0. The van der Waals surface area contributed by atoms with Crippen molar-refractivity contribution in [3.63, 3.8) is 0 Å². The lowest BCUT2D eigenvalue weighted by Crippen LogP contribution is -2.38. The van der Waals surface area contributed by atoms with Crippen LogP contribution < -0.4 is 5.32 Å². The summed E-state index contributed by atoms with van der Waals surface area (Å²) in [4.78, 5) is 2.83. The lowest BCUT2D eigenvalue weighted by Gasteiger charge is -2.35. The summed E-state index contributed by atoms with van der Waals surface area (Å²) in [5, 5.41) is 3.54. The zero-order valence-corrected chi connectivity index (χ0v) is 10.6. The first-order chi connectivity index (χ1) is 7.86. The van der Waals surface area contributed by atoms with Crippen LogP contribution in [0.3, 0.4) is 0 Å². The van der Waals surface area contributed by atoms with Gasteiger partial charge in [-0.1, -0.05) is 26.2 Å². The Morgan fingerprint density at radius 2 is 1.88 bits per heavy atom. The Kier molecular flexibility index (Phi) is 3.21. The molecule has 2 heteroatoms. The fraction of sp³-hybridized carbons (Fsp3) is 1.00. The van der Waals surface area contributed by atoms with Crippen molar-refractivity contribution < 1.29 is 0 Å². The van der Waals surface area contributed by atoms with Crippen LogP contribution in [-0.4, -0.2) is 37.1 Å². The van der Waals surface area contributed by atoms with Crippen molar-refractivity contribution >= 4 is 0 Å². The Hall–Kier alpha value is -0.0800. The van der Waals surface area contributed by atoms with Gasteiger partial charge in [-0.2, -0.15) is 0 Å². The molecule has 0 aromatic heterocycles. The molecule has 2 aliphatic heterocycles. The molecule has 0 aromatic carbocycles. The third kappa shape index (κ3) is 2.02. The number of rotatable bonds is 2. The van der Waals surface area contributed by atoms with Crippen LogP contribution in [0.4, 0.5) is 0 Å². The second kappa shape index (κ2) is 4.66. The molecule has 3 rings (SSSR count). The molecular formula is C14H26N2. The van der Waals surface area contributed by atoms with Gasteiger partial charge in [0.25, 0.3) is 0 Å². The molecule has 16 heavy (non-hydrogen) atoms. The van der Waals surface area contributed by atoms with Crippen LogP contribution in [0.1, 0.15) is 39.0 Å². The summed E-state index contributed by atoms with van der Waals surface area (Å²) in [5.41, 5.74) is 0. The van der Waals surface area contributed by atoms with E-state index in [-0.39, 0.29) is 0 Å². The van der Waals surface area contributed by atoms with Crippen molar-refractivity contribution in [1.29, 1.82) is 0 Å². The Morgan fingerprint density at radius 1 is 1.12 bits per heavy atom. The molecular weight excluding hydrogens is 196 g/mol. The maximum Gasteiger partial charge on any atom is 0.00981 e. The van der Waals surface area contributed by atoms with E-state index in [4.69, 9.17) is 0 Å². The molecule has 0 amide bonds. The second-order valence-electron chi connectivity index (χ2n) is 6.23. The van der Waals surface area contributed by atoms with E-state index in [0.717, 1.165) is 23.8 Å². The molecule has 2 saturated heterocycles. The van der Waals surface area contributed by atoms with Crippen LogP contribution >= 0.6 is 0 Å². The number of nitrogens with zero attached hydrogens (tertiary/aromatic N) is 1. The van der Waals surface area contributed by atoms with Gasteiger partial charge in [-0.15, -0.1) is 0 Å². The molecule has 0 spiro atoms. The first-order valence-electron chi connectivity index (χ1n) is 7.31. The molecule has 92 valence electrons. The van der Waals surface area contributed by atoms with Crippen LogP contribution in [0, 0.1) is 17.8 Å². The van der Waals surface area contributed by atoms with Crippen molar-refractivity contribution in [1.82, 2.24) is 10.2 Å². The lowest BCUT2D eigenvalue weighted by molar-refractivity contribution is 0.146. The van der Waals surface area contributed by atoms with Gasteiger partial charge in [0.05, 0.1) is 0 Å². The summed E-state index contributed by atoms with van der Waals surface area (Å²) in [7, 11) is 0. The molecule has 0 aromatic rings. The molecule has 4 unspecified atom stereocenters. The predicted octanol–water partition coefficient (Wildman–Crippen LogP) is 2.11. The monoisotopic (exact) mass is 222 g/mol. The SMILES string of the molecule is CCC1CCCC(N2CC3CNCC3C2)C1. The molecule has 3 fully saturated rings. The average Bonchev–Trinajstić information content (AvgIpc) is 2.89. The van der Waals surface area contributed by atoms with Gasteiger partial charge >= 0.3 is 0 Å². The predicted molar refractivity (Wildman–Crippen MR) is 67.5 cm³/mol. The highest BCUT2D eigenvalue weighted by Gasteiger charge is 2.39. The van der Waals surface area contributed by atoms with Crippen LogP contribution in [0.15, 0.2) is 0 Å². The highest BCUT2D eigenvalue weighted by Crippen LogP contribution is 2.35. The minimum absolute atomic E-state index is 0.935. The normalized spacial score (nSPS) is 44.8. The maximum atomic E-state index is 3.54. The van der Waals surface area contributed by atoms with E-state index in [0.29, 0.717) is 0 Å². The molecule has 0 bridgehead atoms. The minimum atomic E-state index is 0.935. The highest BCUT2D eigenvalue weighted by molar-refractivity contribution is 4.94. The summed E-state index contributed by atoms with van der Waals surface area (Å²) < 4.78 is 0. The van der Waals surface area contributed by atoms with Crippen molar-refractivity contribution in [3.8, 4) is 0 Å². The molecule has 3 aliphatic rings. The zero-order valence-electron chi connectivity index (χ0n) is 10.6. The van der Waals surface area contributed by atoms with Gasteiger partial charge in [-0.05, 0) is 43.7 Å². The zero-order chi connectivity index (χ0) is 11.0. The third-order valence-electron chi connectivity index (χ3n) is 5.27. The summed E-state index contributed by atoms with van der Waals surface area (Å²) in [5.74, 6) is 2.97. The van der Waals surface area contributed by atoms with Crippen molar-refractivity contribution in [2.75, 3.05) is 26.2 Å². The van der Waals surface area contributed by atoms with E-state index in [9.17, 15) is 0 Å². The van der Waals surface area contributed by atoms with Gasteiger partial charge in [0, 0.05) is 19.1 Å². The highest BCUT2D eigenvalue weighted by atomic mass is 15.2.